The fraction of sp³-hybridized carbons (Fsp3) is 0.385. The van der Waals surface area contributed by atoms with Crippen LogP contribution in [0.25, 0.3) is 6.08 Å². The Morgan fingerprint density at radius 3 is 1.80 bits per heavy atom. The van der Waals surface area contributed by atoms with Gasteiger partial charge in [0.2, 0.25) is 0 Å². The maximum atomic E-state index is 11.9. The number of rotatable bonds is 5. The molecule has 41 heavy (non-hydrogen) atoms. The Morgan fingerprint density at radius 2 is 1.41 bits per heavy atom. The molecule has 0 saturated carbocycles. The first-order chi connectivity index (χ1) is 19.4. The van der Waals surface area contributed by atoms with Gasteiger partial charge in [-0.25, -0.2) is 9.59 Å². The second kappa shape index (κ2) is 12.7. The first kappa shape index (κ1) is 31.5. The maximum absolute atomic E-state index is 11.9. The molecule has 4 heterocycles. The second-order valence-corrected chi connectivity index (χ2v) is 9.50. The van der Waals surface area contributed by atoms with Gasteiger partial charge < -0.3 is 41.4 Å². The Kier molecular flexibility index (Phi) is 9.76. The highest BCUT2D eigenvalue weighted by Gasteiger charge is 2.48. The van der Waals surface area contributed by atoms with Crippen molar-refractivity contribution in [1.29, 1.82) is 0 Å². The Bertz CT molecular complexity index is 1570. The number of ether oxygens (including phenoxy) is 2. The topological polar surface area (TPSA) is 221 Å². The lowest BCUT2D eigenvalue weighted by Crippen LogP contribution is -2.41. The highest BCUT2D eigenvalue weighted by Crippen LogP contribution is 2.36. The number of hydrogen-bond donors (Lipinski definition) is 6. The lowest BCUT2D eigenvalue weighted by molar-refractivity contribution is -0.0912. The molecule has 0 radical (unpaired) electrons. The first-order valence-electron chi connectivity index (χ1n) is 11.8. The van der Waals surface area contributed by atoms with E-state index in [0.717, 1.165) is 4.57 Å². The monoisotopic (exact) mass is 630 g/mol. The summed E-state index contributed by atoms with van der Waals surface area (Å²) in [7, 11) is 0. The van der Waals surface area contributed by atoms with Crippen LogP contribution in [0.2, 0.25) is 0 Å². The van der Waals surface area contributed by atoms with Crippen LogP contribution in [0, 0.1) is 37.0 Å². The van der Waals surface area contributed by atoms with Crippen LogP contribution in [-0.4, -0.2) is 76.2 Å². The first-order valence-corrected chi connectivity index (χ1v) is 12.8. The minimum atomic E-state index is -1.54. The summed E-state index contributed by atoms with van der Waals surface area (Å²) in [6.45, 7) is -1.12. The molecule has 14 nitrogen and oxygen atoms in total. The van der Waals surface area contributed by atoms with Gasteiger partial charge in [-0.05, 0) is 11.1 Å². The smallest absolute Gasteiger partial charge is 0.351 e. The van der Waals surface area contributed by atoms with Crippen molar-refractivity contribution < 1.29 is 29.9 Å². The molecule has 0 amide bonds. The molecule has 0 aromatic carbocycles. The second-order valence-electron chi connectivity index (χ2n) is 8.97. The van der Waals surface area contributed by atoms with Crippen molar-refractivity contribution in [2.75, 3.05) is 24.7 Å². The summed E-state index contributed by atoms with van der Waals surface area (Å²) in [6, 6.07) is 0. The molecule has 0 aliphatic carbocycles. The fourth-order valence-electron chi connectivity index (χ4n) is 4.18. The minimum Gasteiger partial charge on any atom is -0.392 e. The van der Waals surface area contributed by atoms with E-state index in [1.54, 1.807) is 11.1 Å². The molecule has 15 heteroatoms. The number of terminal acetylenes is 3. The molecular formula is C26H27BrN6O8. The van der Waals surface area contributed by atoms with Crippen molar-refractivity contribution in [3.63, 3.8) is 0 Å². The SMILES string of the molecule is C#C[C@]1(CO)O[C@@H](n2cc(C=CBr)c(N)nc2=O)C[C@@H]1O.C#Cc1cn([C@H]2C[C@H](O)[C@@](C#C)(CO)O2)c(=O)nc1N. The molecule has 8 N–H and O–H groups in total. The van der Waals surface area contributed by atoms with Crippen LogP contribution >= 0.6 is 15.9 Å². The van der Waals surface area contributed by atoms with E-state index in [0.29, 0.717) is 5.56 Å². The number of nitrogens with zero attached hydrogens (tertiary/aromatic N) is 4. The van der Waals surface area contributed by atoms with Crippen LogP contribution < -0.4 is 22.8 Å². The summed E-state index contributed by atoms with van der Waals surface area (Å²) < 4.78 is 13.2. The van der Waals surface area contributed by atoms with E-state index in [1.165, 1.54) is 17.0 Å². The van der Waals surface area contributed by atoms with Gasteiger partial charge in [0.15, 0.2) is 11.2 Å². The fourth-order valence-corrected chi connectivity index (χ4v) is 4.46. The Labute approximate surface area is 242 Å². The van der Waals surface area contributed by atoms with Crippen molar-refractivity contribution in [2.24, 2.45) is 0 Å². The zero-order valence-corrected chi connectivity index (χ0v) is 23.0. The van der Waals surface area contributed by atoms with Crippen LogP contribution in [0.4, 0.5) is 11.6 Å². The number of aromatic nitrogens is 4. The lowest BCUT2D eigenvalue weighted by Gasteiger charge is -2.24. The number of nitrogen functional groups attached to an aromatic ring is 2. The summed E-state index contributed by atoms with van der Waals surface area (Å²) in [6.07, 6.45) is 16.4. The third kappa shape index (κ3) is 6.05. The molecule has 2 aromatic rings. The minimum absolute atomic E-state index is 0.0281. The van der Waals surface area contributed by atoms with Gasteiger partial charge in [0.05, 0.1) is 18.8 Å². The Hall–Kier alpha value is -3.98. The zero-order chi connectivity index (χ0) is 30.5. The molecule has 6 atom stereocenters. The van der Waals surface area contributed by atoms with Gasteiger partial charge in [-0.2, -0.15) is 9.97 Å². The molecule has 0 unspecified atom stereocenters. The largest absolute Gasteiger partial charge is 0.392 e. The van der Waals surface area contributed by atoms with Gasteiger partial charge in [-0.15, -0.1) is 19.3 Å². The van der Waals surface area contributed by atoms with E-state index in [9.17, 15) is 30.0 Å². The van der Waals surface area contributed by atoms with E-state index in [4.69, 9.17) is 40.2 Å². The van der Waals surface area contributed by atoms with Crippen LogP contribution in [-0.2, 0) is 9.47 Å². The van der Waals surface area contributed by atoms with Gasteiger partial charge in [0.25, 0.3) is 0 Å². The summed E-state index contributed by atoms with van der Waals surface area (Å²) in [5.74, 6) is 6.77. The molecule has 2 fully saturated rings. The summed E-state index contributed by atoms with van der Waals surface area (Å²) in [4.78, 5) is 32.6. The van der Waals surface area contributed by atoms with Gasteiger partial charge in [-0.3, -0.25) is 9.13 Å². The highest BCUT2D eigenvalue weighted by atomic mass is 79.9. The molecular weight excluding hydrogens is 604 g/mol. The number of halogens is 1. The summed E-state index contributed by atoms with van der Waals surface area (Å²) in [5, 5.41) is 38.5. The average Bonchev–Trinajstić information content (AvgIpc) is 3.47. The van der Waals surface area contributed by atoms with Gasteiger partial charge in [0.1, 0.15) is 36.3 Å². The molecule has 0 spiro atoms. The van der Waals surface area contributed by atoms with E-state index >= 15 is 0 Å². The lowest BCUT2D eigenvalue weighted by atomic mass is 9.99. The predicted octanol–water partition coefficient (Wildman–Crippen LogP) is -1.71. The van der Waals surface area contributed by atoms with Gasteiger partial charge in [0, 0.05) is 30.8 Å². The van der Waals surface area contributed by atoms with Crippen LogP contribution in [0.5, 0.6) is 0 Å². The van der Waals surface area contributed by atoms with E-state index in [1.807, 2.05) is 0 Å². The van der Waals surface area contributed by atoms with Gasteiger partial charge >= 0.3 is 11.4 Å². The number of nitrogens with two attached hydrogens (primary N) is 2. The van der Waals surface area contributed by atoms with Crippen molar-refractivity contribution >= 4 is 33.6 Å². The molecule has 2 saturated heterocycles. The van der Waals surface area contributed by atoms with Crippen molar-refractivity contribution in [3.05, 3.63) is 49.5 Å². The molecule has 4 rings (SSSR count). The molecule has 2 aliphatic rings. The molecule has 0 bridgehead atoms. The van der Waals surface area contributed by atoms with Crippen LogP contribution in [0.3, 0.4) is 0 Å². The average molecular weight is 631 g/mol. The normalized spacial score (nSPS) is 28.8. The van der Waals surface area contributed by atoms with E-state index < -0.39 is 60.5 Å². The highest BCUT2D eigenvalue weighted by molar-refractivity contribution is 9.11. The van der Waals surface area contributed by atoms with Crippen molar-refractivity contribution in [1.82, 2.24) is 19.1 Å². The maximum Gasteiger partial charge on any atom is 0.351 e. The van der Waals surface area contributed by atoms with Gasteiger partial charge in [-0.1, -0.05) is 33.7 Å². The quantitative estimate of drug-likeness (QED) is 0.203. The van der Waals surface area contributed by atoms with Crippen LogP contribution in [0.1, 0.15) is 36.4 Å². The van der Waals surface area contributed by atoms with Crippen molar-refractivity contribution in [3.8, 4) is 37.0 Å². The third-order valence-electron chi connectivity index (χ3n) is 6.59. The summed E-state index contributed by atoms with van der Waals surface area (Å²) >= 11 is 3.11. The van der Waals surface area contributed by atoms with E-state index in [-0.39, 0.29) is 30.0 Å². The Balaban J connectivity index is 0.000000226. The molecule has 2 aromatic heterocycles. The van der Waals surface area contributed by atoms with Crippen molar-refractivity contribution in [2.45, 2.75) is 48.7 Å². The summed E-state index contributed by atoms with van der Waals surface area (Å²) in [5.41, 5.74) is 7.53. The Morgan fingerprint density at radius 1 is 0.951 bits per heavy atom. The zero-order valence-electron chi connectivity index (χ0n) is 21.4. The molecule has 216 valence electrons. The number of anilines is 2. The standard InChI is InChI=1S/C13H14BrN3O4.C13H13N3O4/c1-2-13(7-18)9(19)5-10(21-13)17-6-8(3-4-14)11(15)16-12(17)20;1-3-8-6-16(12(19)15-11(8)14)10-5-9(18)13(4-2,7-17)20-10/h1,3-4,6,9-10,18-19H,5,7H2,(H2,15,16,20);1-2,6,9-10,17-18H,5,7H2,(H2,14,15,19)/t2*9-,10+,13+/m00/s1. The molecule has 2 aliphatic heterocycles. The number of hydrogen-bond acceptors (Lipinski definition) is 12. The van der Waals surface area contributed by atoms with E-state index in [2.05, 4.69) is 43.7 Å². The predicted molar refractivity (Wildman–Crippen MR) is 151 cm³/mol. The third-order valence-corrected chi connectivity index (χ3v) is 6.85. The number of aliphatic hydroxyl groups is 4. The number of aliphatic hydroxyl groups excluding tert-OH is 4. The van der Waals surface area contributed by atoms with Crippen LogP contribution in [0.15, 0.2) is 27.0 Å².